The molecule has 6 heteroatoms. The van der Waals surface area contributed by atoms with Crippen LogP contribution in [0.25, 0.3) is 16.4 Å². The minimum Gasteiger partial charge on any atom is -0.322 e. The maximum Gasteiger partial charge on any atom is 0.276 e. The molecule has 0 saturated heterocycles. The van der Waals surface area contributed by atoms with Crippen molar-refractivity contribution in [3.8, 4) is 0 Å². The van der Waals surface area contributed by atoms with Gasteiger partial charge in [-0.25, -0.2) is 4.98 Å². The molecule has 0 atom stereocenters. The van der Waals surface area contributed by atoms with Crippen molar-refractivity contribution in [1.82, 2.24) is 14.4 Å². The molecule has 1 amide bonds. The summed E-state index contributed by atoms with van der Waals surface area (Å²) in [6.07, 6.45) is 1.92. The van der Waals surface area contributed by atoms with E-state index in [0.717, 1.165) is 16.7 Å². The van der Waals surface area contributed by atoms with Gasteiger partial charge in [0.05, 0.1) is 11.0 Å². The molecule has 0 saturated carbocycles. The first-order chi connectivity index (χ1) is 13.2. The van der Waals surface area contributed by atoms with E-state index in [4.69, 9.17) is 0 Å². The number of carbonyl (C=O) groups is 1. The third kappa shape index (κ3) is 3.07. The van der Waals surface area contributed by atoms with Crippen molar-refractivity contribution in [3.05, 3.63) is 76.1 Å². The van der Waals surface area contributed by atoms with Crippen molar-refractivity contribution < 1.29 is 4.79 Å². The number of nitrogens with one attached hydrogen (secondary N) is 2. The predicted octanol–water partition coefficient (Wildman–Crippen LogP) is 4.03. The molecule has 0 aliphatic rings. The predicted molar refractivity (Wildman–Crippen MR) is 111 cm³/mol. The fourth-order valence-corrected chi connectivity index (χ4v) is 3.31. The molecule has 0 fully saturated rings. The third-order valence-electron chi connectivity index (χ3n) is 4.72. The lowest BCUT2D eigenvalue weighted by Gasteiger charge is -2.16. The second-order valence-electron chi connectivity index (χ2n) is 8.03. The van der Waals surface area contributed by atoms with E-state index in [2.05, 4.69) is 36.1 Å². The first-order valence-corrected chi connectivity index (χ1v) is 9.16. The van der Waals surface area contributed by atoms with Crippen LogP contribution in [0.3, 0.4) is 0 Å². The van der Waals surface area contributed by atoms with E-state index in [0.29, 0.717) is 22.5 Å². The Morgan fingerprint density at radius 1 is 1.14 bits per heavy atom. The number of hydrogen-bond donors (Lipinski definition) is 2. The lowest BCUT2D eigenvalue weighted by molar-refractivity contribution is 0.102. The highest BCUT2D eigenvalue weighted by Gasteiger charge is 2.25. The number of aryl methyl sites for hydroxylation is 1. The van der Waals surface area contributed by atoms with Gasteiger partial charge in [0.25, 0.3) is 11.5 Å². The fraction of sp³-hybridized carbons (Fsp3) is 0.227. The van der Waals surface area contributed by atoms with Crippen LogP contribution in [0.5, 0.6) is 0 Å². The third-order valence-corrected chi connectivity index (χ3v) is 4.72. The number of anilines is 1. The van der Waals surface area contributed by atoms with Crippen molar-refractivity contribution in [1.29, 1.82) is 0 Å². The minimum absolute atomic E-state index is 0.133. The average molecular weight is 374 g/mol. The van der Waals surface area contributed by atoms with Gasteiger partial charge in [0.1, 0.15) is 5.82 Å². The van der Waals surface area contributed by atoms with Gasteiger partial charge in [0.2, 0.25) is 0 Å². The molecule has 4 rings (SSSR count). The summed E-state index contributed by atoms with van der Waals surface area (Å²) in [6, 6.07) is 13.0. The summed E-state index contributed by atoms with van der Waals surface area (Å²) >= 11 is 0. The van der Waals surface area contributed by atoms with Crippen LogP contribution in [-0.4, -0.2) is 20.3 Å². The summed E-state index contributed by atoms with van der Waals surface area (Å²) in [5.41, 5.74) is 2.74. The van der Waals surface area contributed by atoms with Crippen molar-refractivity contribution in [2.45, 2.75) is 33.1 Å². The number of rotatable bonds is 2. The van der Waals surface area contributed by atoms with Gasteiger partial charge >= 0.3 is 0 Å². The molecule has 1 aromatic carbocycles. The summed E-state index contributed by atoms with van der Waals surface area (Å²) < 4.78 is 1.95. The molecule has 0 aliphatic heterocycles. The molecular formula is C22H22N4O2. The number of benzene rings is 1. The number of H-pyrrole nitrogens is 1. The first-order valence-electron chi connectivity index (χ1n) is 9.16. The number of pyridine rings is 2. The molecule has 0 aliphatic carbocycles. The number of carbonyl (C=O) groups excluding carboxylic acids is 1. The highest BCUT2D eigenvalue weighted by Crippen LogP contribution is 2.25. The van der Waals surface area contributed by atoms with Crippen molar-refractivity contribution in [2.24, 2.45) is 0 Å². The zero-order valence-corrected chi connectivity index (χ0v) is 16.3. The van der Waals surface area contributed by atoms with E-state index in [1.807, 2.05) is 47.0 Å². The van der Waals surface area contributed by atoms with Gasteiger partial charge in [-0.1, -0.05) is 32.9 Å². The maximum absolute atomic E-state index is 13.0. The Hall–Kier alpha value is -3.41. The molecule has 3 aromatic heterocycles. The van der Waals surface area contributed by atoms with Crippen molar-refractivity contribution >= 4 is 28.0 Å². The van der Waals surface area contributed by atoms with Crippen molar-refractivity contribution in [3.63, 3.8) is 0 Å². The van der Waals surface area contributed by atoms with Gasteiger partial charge in [0, 0.05) is 22.9 Å². The van der Waals surface area contributed by atoms with Crippen LogP contribution in [0.15, 0.2) is 53.5 Å². The molecule has 3 heterocycles. The molecule has 6 nitrogen and oxygen atoms in total. The Morgan fingerprint density at radius 3 is 2.68 bits per heavy atom. The van der Waals surface area contributed by atoms with E-state index in [1.54, 1.807) is 13.0 Å². The second-order valence-corrected chi connectivity index (χ2v) is 8.03. The molecule has 4 aromatic rings. The fourth-order valence-electron chi connectivity index (χ4n) is 3.31. The van der Waals surface area contributed by atoms with Crippen LogP contribution >= 0.6 is 0 Å². The number of aromatic nitrogens is 3. The lowest BCUT2D eigenvalue weighted by Crippen LogP contribution is -2.17. The van der Waals surface area contributed by atoms with Crippen LogP contribution in [-0.2, 0) is 5.41 Å². The summed E-state index contributed by atoms with van der Waals surface area (Å²) in [4.78, 5) is 32.3. The van der Waals surface area contributed by atoms with E-state index < -0.39 is 0 Å². The SMILES string of the molecule is Cc1cc2ccc(NC(=O)c3nc(C(C)(C)C)n4ccccc34)cc2[nH]c1=O. The molecule has 0 bridgehead atoms. The first kappa shape index (κ1) is 18.0. The Morgan fingerprint density at radius 2 is 1.93 bits per heavy atom. The zero-order chi connectivity index (χ0) is 20.1. The number of amides is 1. The number of aromatic amines is 1. The zero-order valence-electron chi connectivity index (χ0n) is 16.3. The summed E-state index contributed by atoms with van der Waals surface area (Å²) in [6.45, 7) is 7.97. The monoisotopic (exact) mass is 374 g/mol. The van der Waals surface area contributed by atoms with E-state index in [1.165, 1.54) is 0 Å². The summed E-state index contributed by atoms with van der Waals surface area (Å²) in [5, 5.41) is 3.82. The largest absolute Gasteiger partial charge is 0.322 e. The number of imidazole rings is 1. The quantitative estimate of drug-likeness (QED) is 0.556. The smallest absolute Gasteiger partial charge is 0.276 e. The normalized spacial score (nSPS) is 11.9. The van der Waals surface area contributed by atoms with Gasteiger partial charge < -0.3 is 14.7 Å². The molecule has 0 unspecified atom stereocenters. The Labute approximate surface area is 162 Å². The van der Waals surface area contributed by atoms with Crippen LogP contribution < -0.4 is 10.9 Å². The number of hydrogen-bond acceptors (Lipinski definition) is 3. The van der Waals surface area contributed by atoms with Gasteiger partial charge in [0.15, 0.2) is 5.69 Å². The van der Waals surface area contributed by atoms with Gasteiger partial charge in [-0.3, -0.25) is 9.59 Å². The summed E-state index contributed by atoms with van der Waals surface area (Å²) in [5.74, 6) is 0.541. The molecular weight excluding hydrogens is 352 g/mol. The highest BCUT2D eigenvalue weighted by molar-refractivity contribution is 6.08. The molecule has 2 N–H and O–H groups in total. The molecule has 142 valence electrons. The van der Waals surface area contributed by atoms with E-state index in [-0.39, 0.29) is 16.9 Å². The molecule has 0 radical (unpaired) electrons. The van der Waals surface area contributed by atoms with E-state index in [9.17, 15) is 9.59 Å². The van der Waals surface area contributed by atoms with Crippen LogP contribution in [0.1, 0.15) is 42.6 Å². The van der Waals surface area contributed by atoms with Crippen LogP contribution in [0, 0.1) is 6.92 Å². The van der Waals surface area contributed by atoms with Gasteiger partial charge in [-0.05, 0) is 42.6 Å². The lowest BCUT2D eigenvalue weighted by atomic mass is 9.96. The van der Waals surface area contributed by atoms with Crippen LogP contribution in [0.4, 0.5) is 5.69 Å². The van der Waals surface area contributed by atoms with Crippen LogP contribution in [0.2, 0.25) is 0 Å². The number of fused-ring (bicyclic) bond motifs is 2. The standard InChI is InChI=1S/C22H22N4O2/c1-13-11-14-8-9-15(12-16(14)24-19(13)27)23-20(28)18-17-7-5-6-10-26(17)21(25-18)22(2,3)4/h5-12H,1-4H3,(H,23,28)(H,24,27). The number of nitrogens with zero attached hydrogens (tertiary/aromatic N) is 2. The maximum atomic E-state index is 13.0. The van der Waals surface area contributed by atoms with E-state index >= 15 is 0 Å². The van der Waals surface area contributed by atoms with Gasteiger partial charge in [-0.2, -0.15) is 0 Å². The second kappa shape index (κ2) is 6.34. The Balaban J connectivity index is 1.74. The Kier molecular flexibility index (Phi) is 4.07. The Bertz CT molecular complexity index is 1280. The minimum atomic E-state index is -0.284. The molecule has 0 spiro atoms. The summed E-state index contributed by atoms with van der Waals surface area (Å²) in [7, 11) is 0. The average Bonchev–Trinajstić information content (AvgIpc) is 3.03. The van der Waals surface area contributed by atoms with Gasteiger partial charge in [-0.15, -0.1) is 0 Å². The topological polar surface area (TPSA) is 79.3 Å². The van der Waals surface area contributed by atoms with Crippen molar-refractivity contribution in [2.75, 3.05) is 5.32 Å². The highest BCUT2D eigenvalue weighted by atomic mass is 16.2. The molecule has 28 heavy (non-hydrogen) atoms.